The van der Waals surface area contributed by atoms with Crippen LogP contribution in [0.2, 0.25) is 0 Å². The molecular formula is C11H13F3N2O2S. The van der Waals surface area contributed by atoms with Crippen molar-refractivity contribution in [3.8, 4) is 0 Å². The van der Waals surface area contributed by atoms with Crippen molar-refractivity contribution in [1.29, 1.82) is 0 Å². The van der Waals surface area contributed by atoms with E-state index in [1.54, 1.807) is 0 Å². The molecule has 0 radical (unpaired) electrons. The molecule has 8 heteroatoms. The largest absolute Gasteiger partial charge is 0.404 e. The fourth-order valence-electron chi connectivity index (χ4n) is 1.39. The van der Waals surface area contributed by atoms with Gasteiger partial charge in [0.05, 0.1) is 0 Å². The molecule has 0 aliphatic carbocycles. The van der Waals surface area contributed by atoms with Crippen LogP contribution in [0.1, 0.15) is 6.92 Å². The van der Waals surface area contributed by atoms with Crippen LogP contribution in [0.25, 0.3) is 0 Å². The Labute approximate surface area is 109 Å². The van der Waals surface area contributed by atoms with E-state index in [-0.39, 0.29) is 4.90 Å². The predicted octanol–water partition coefficient (Wildman–Crippen LogP) is 2.21. The molecule has 0 aromatic carbocycles. The molecule has 0 bridgehead atoms. The Hall–Kier alpha value is -1.41. The summed E-state index contributed by atoms with van der Waals surface area (Å²) in [6.07, 6.45) is -1.20. The summed E-state index contributed by atoms with van der Waals surface area (Å²) in [5.74, 6) is 0. The molecule has 106 valence electrons. The molecule has 1 aromatic heterocycles. The standard InChI is InChI=1S/C11H13F3N2O2S/c1-3-7-16(9(2)11(12,13)14)19(17,18)10-5-4-6-15-8-10/h3-6,8-9H,1,7H2,2H3. The molecule has 0 amide bonds. The molecule has 0 fully saturated rings. The highest BCUT2D eigenvalue weighted by Gasteiger charge is 2.44. The van der Waals surface area contributed by atoms with Crippen LogP contribution >= 0.6 is 0 Å². The first-order valence-electron chi connectivity index (χ1n) is 5.30. The second-order valence-electron chi connectivity index (χ2n) is 3.77. The Morgan fingerprint density at radius 2 is 2.16 bits per heavy atom. The summed E-state index contributed by atoms with van der Waals surface area (Å²) in [5.41, 5.74) is 0. The topological polar surface area (TPSA) is 50.3 Å². The first-order valence-corrected chi connectivity index (χ1v) is 6.74. The zero-order valence-corrected chi connectivity index (χ0v) is 10.9. The van der Waals surface area contributed by atoms with E-state index >= 15 is 0 Å². The Bertz CT molecular complexity index is 529. The third-order valence-corrected chi connectivity index (χ3v) is 4.38. The number of aromatic nitrogens is 1. The van der Waals surface area contributed by atoms with Crippen molar-refractivity contribution in [2.24, 2.45) is 0 Å². The van der Waals surface area contributed by atoms with Crippen LogP contribution in [0, 0.1) is 0 Å². The van der Waals surface area contributed by atoms with Crippen LogP contribution in [0.15, 0.2) is 42.1 Å². The Balaban J connectivity index is 3.23. The van der Waals surface area contributed by atoms with Crippen LogP contribution < -0.4 is 0 Å². The molecule has 1 unspecified atom stereocenters. The summed E-state index contributed by atoms with van der Waals surface area (Å²) in [5, 5.41) is 0. The van der Waals surface area contributed by atoms with Gasteiger partial charge in [-0.25, -0.2) is 8.42 Å². The lowest BCUT2D eigenvalue weighted by Gasteiger charge is -2.28. The van der Waals surface area contributed by atoms with Crippen molar-refractivity contribution >= 4 is 10.0 Å². The van der Waals surface area contributed by atoms with Gasteiger partial charge in [-0.3, -0.25) is 4.98 Å². The van der Waals surface area contributed by atoms with Crippen LogP contribution in [0.3, 0.4) is 0 Å². The Kier molecular flexibility index (Phi) is 4.70. The zero-order valence-electron chi connectivity index (χ0n) is 10.1. The summed E-state index contributed by atoms with van der Waals surface area (Å²) in [7, 11) is -4.27. The molecule has 0 saturated heterocycles. The normalized spacial score (nSPS) is 14.4. The van der Waals surface area contributed by atoms with E-state index in [1.807, 2.05) is 0 Å². The maximum Gasteiger partial charge on any atom is 0.404 e. The maximum absolute atomic E-state index is 12.7. The van der Waals surface area contributed by atoms with E-state index in [2.05, 4.69) is 11.6 Å². The molecular weight excluding hydrogens is 281 g/mol. The van der Waals surface area contributed by atoms with Gasteiger partial charge in [0.25, 0.3) is 0 Å². The maximum atomic E-state index is 12.7. The fourth-order valence-corrected chi connectivity index (χ4v) is 2.94. The van der Waals surface area contributed by atoms with Gasteiger partial charge in [-0.1, -0.05) is 6.08 Å². The summed E-state index contributed by atoms with van der Waals surface area (Å²) in [6, 6.07) is 0.398. The number of sulfonamides is 1. The number of rotatable bonds is 5. The fraction of sp³-hybridized carbons (Fsp3) is 0.364. The van der Waals surface area contributed by atoms with Gasteiger partial charge in [0.2, 0.25) is 10.0 Å². The highest BCUT2D eigenvalue weighted by molar-refractivity contribution is 7.89. The Morgan fingerprint density at radius 1 is 1.53 bits per heavy atom. The predicted molar refractivity (Wildman–Crippen MR) is 63.8 cm³/mol. The first-order chi connectivity index (χ1) is 8.71. The summed E-state index contributed by atoms with van der Waals surface area (Å²) in [6.45, 7) is 3.64. The minimum Gasteiger partial charge on any atom is -0.263 e. The first kappa shape index (κ1) is 15.6. The van der Waals surface area contributed by atoms with Gasteiger partial charge in [0.1, 0.15) is 10.9 Å². The van der Waals surface area contributed by atoms with E-state index in [0.717, 1.165) is 19.2 Å². The quantitative estimate of drug-likeness (QED) is 0.782. The van der Waals surface area contributed by atoms with Crippen LogP contribution in [-0.4, -0.2) is 36.5 Å². The lowest BCUT2D eigenvalue weighted by molar-refractivity contribution is -0.165. The number of alkyl halides is 3. The minimum absolute atomic E-state index is 0.284. The SMILES string of the molecule is C=CCN(C(C)C(F)(F)F)S(=O)(=O)c1cccnc1. The number of nitrogens with zero attached hydrogens (tertiary/aromatic N) is 2. The van der Waals surface area contributed by atoms with Crippen molar-refractivity contribution in [1.82, 2.24) is 9.29 Å². The van der Waals surface area contributed by atoms with Gasteiger partial charge in [0, 0.05) is 18.9 Å². The van der Waals surface area contributed by atoms with Crippen molar-refractivity contribution in [3.63, 3.8) is 0 Å². The number of hydrogen-bond acceptors (Lipinski definition) is 3. The van der Waals surface area contributed by atoms with E-state index in [1.165, 1.54) is 18.3 Å². The number of hydrogen-bond donors (Lipinski definition) is 0. The smallest absolute Gasteiger partial charge is 0.263 e. The molecule has 0 aliphatic rings. The third kappa shape index (κ3) is 3.54. The lowest BCUT2D eigenvalue weighted by Crippen LogP contribution is -2.46. The molecule has 0 spiro atoms. The van der Waals surface area contributed by atoms with Gasteiger partial charge in [-0.2, -0.15) is 17.5 Å². The van der Waals surface area contributed by atoms with Gasteiger partial charge in [0.15, 0.2) is 0 Å². The monoisotopic (exact) mass is 294 g/mol. The lowest BCUT2D eigenvalue weighted by atomic mass is 10.3. The van der Waals surface area contributed by atoms with Crippen molar-refractivity contribution < 1.29 is 21.6 Å². The highest BCUT2D eigenvalue weighted by atomic mass is 32.2. The van der Waals surface area contributed by atoms with Gasteiger partial charge in [-0.05, 0) is 19.1 Å². The van der Waals surface area contributed by atoms with Gasteiger partial charge < -0.3 is 0 Å². The Morgan fingerprint density at radius 3 is 2.58 bits per heavy atom. The van der Waals surface area contributed by atoms with E-state index in [0.29, 0.717) is 4.31 Å². The van der Waals surface area contributed by atoms with E-state index in [4.69, 9.17) is 0 Å². The molecule has 1 rings (SSSR count). The van der Waals surface area contributed by atoms with Crippen LogP contribution in [0.5, 0.6) is 0 Å². The second-order valence-corrected chi connectivity index (χ2v) is 5.66. The van der Waals surface area contributed by atoms with Crippen molar-refractivity contribution in [2.75, 3.05) is 6.54 Å². The molecule has 19 heavy (non-hydrogen) atoms. The molecule has 1 heterocycles. The molecule has 4 nitrogen and oxygen atoms in total. The molecule has 0 saturated carbocycles. The van der Waals surface area contributed by atoms with Crippen LogP contribution in [0.4, 0.5) is 13.2 Å². The van der Waals surface area contributed by atoms with Crippen molar-refractivity contribution in [2.45, 2.75) is 24.0 Å². The minimum atomic E-state index is -4.65. The van der Waals surface area contributed by atoms with Crippen molar-refractivity contribution in [3.05, 3.63) is 37.2 Å². The summed E-state index contributed by atoms with van der Waals surface area (Å²) in [4.78, 5) is 3.32. The average molecular weight is 294 g/mol. The third-order valence-electron chi connectivity index (χ3n) is 2.46. The van der Waals surface area contributed by atoms with Crippen LogP contribution in [-0.2, 0) is 10.0 Å². The molecule has 1 aromatic rings. The number of halogens is 3. The zero-order chi connectivity index (χ0) is 14.7. The number of pyridine rings is 1. The second kappa shape index (κ2) is 5.70. The van der Waals surface area contributed by atoms with E-state index < -0.39 is 28.8 Å². The molecule has 0 N–H and O–H groups in total. The highest BCUT2D eigenvalue weighted by Crippen LogP contribution is 2.28. The molecule has 1 atom stereocenters. The molecule has 0 aliphatic heterocycles. The van der Waals surface area contributed by atoms with Gasteiger partial charge >= 0.3 is 6.18 Å². The summed E-state index contributed by atoms with van der Waals surface area (Å²) < 4.78 is 62.8. The van der Waals surface area contributed by atoms with Gasteiger partial charge in [-0.15, -0.1) is 6.58 Å². The van der Waals surface area contributed by atoms with E-state index in [9.17, 15) is 21.6 Å². The average Bonchev–Trinajstić information content (AvgIpc) is 2.35. The summed E-state index contributed by atoms with van der Waals surface area (Å²) >= 11 is 0.